The lowest BCUT2D eigenvalue weighted by Crippen LogP contribution is -2.14. The molecule has 0 amide bonds. The van der Waals surface area contributed by atoms with Gasteiger partial charge in [0.15, 0.2) is 0 Å². The Morgan fingerprint density at radius 2 is 2.55 bits per heavy atom. The molecular formula is C8H12N2O. The minimum Gasteiger partial charge on any atom is -0.399 e. The lowest BCUT2D eigenvalue weighted by atomic mass is 10.2. The van der Waals surface area contributed by atoms with Gasteiger partial charge in [0.2, 0.25) is 0 Å². The Balaban J connectivity index is 2.57. The molecule has 0 aromatic heterocycles. The van der Waals surface area contributed by atoms with Crippen molar-refractivity contribution in [3.8, 4) is 0 Å². The fourth-order valence-corrected chi connectivity index (χ4v) is 0.895. The maximum absolute atomic E-state index is 4.56. The van der Waals surface area contributed by atoms with Crippen molar-refractivity contribution in [1.29, 1.82) is 0 Å². The van der Waals surface area contributed by atoms with Gasteiger partial charge in [-0.15, -0.1) is 0 Å². The summed E-state index contributed by atoms with van der Waals surface area (Å²) in [5.41, 5.74) is 1.06. The maximum atomic E-state index is 4.56. The fourth-order valence-electron chi connectivity index (χ4n) is 0.895. The summed E-state index contributed by atoms with van der Waals surface area (Å²) in [5.74, 6) is 0. The minimum absolute atomic E-state index is 0.963. The molecule has 0 aromatic rings. The normalized spacial score (nSPS) is 17.3. The van der Waals surface area contributed by atoms with E-state index in [-0.39, 0.29) is 0 Å². The van der Waals surface area contributed by atoms with Gasteiger partial charge in [-0.3, -0.25) is 0 Å². The van der Waals surface area contributed by atoms with E-state index in [4.69, 9.17) is 0 Å². The van der Waals surface area contributed by atoms with Crippen LogP contribution in [0.15, 0.2) is 29.1 Å². The van der Waals surface area contributed by atoms with Crippen LogP contribution >= 0.6 is 0 Å². The maximum Gasteiger partial charge on any atom is 0.106 e. The molecule has 0 saturated heterocycles. The van der Waals surface area contributed by atoms with Crippen molar-refractivity contribution >= 4 is 6.21 Å². The van der Waals surface area contributed by atoms with Crippen molar-refractivity contribution in [2.45, 2.75) is 0 Å². The van der Waals surface area contributed by atoms with Crippen molar-refractivity contribution in [1.82, 2.24) is 4.90 Å². The first kappa shape index (κ1) is 7.85. The molecule has 0 aromatic carbocycles. The van der Waals surface area contributed by atoms with E-state index < -0.39 is 0 Å². The predicted molar refractivity (Wildman–Crippen MR) is 45.4 cm³/mol. The topological polar surface area (TPSA) is 24.8 Å². The molecule has 3 nitrogen and oxygen atoms in total. The molecule has 3 heteroatoms. The number of nitrogens with zero attached hydrogens (tertiary/aromatic N) is 2. The van der Waals surface area contributed by atoms with Crippen molar-refractivity contribution in [2.75, 3.05) is 20.7 Å². The van der Waals surface area contributed by atoms with Crippen LogP contribution in [0, 0.1) is 0 Å². The second-order valence-electron chi connectivity index (χ2n) is 2.39. The van der Waals surface area contributed by atoms with Crippen molar-refractivity contribution < 1.29 is 4.84 Å². The smallest absolute Gasteiger partial charge is 0.106 e. The molecule has 60 valence electrons. The lowest BCUT2D eigenvalue weighted by Gasteiger charge is -2.15. The third-order valence-corrected chi connectivity index (χ3v) is 1.38. The number of hydrogen-bond donors (Lipinski definition) is 0. The number of likely N-dealkylation sites (N-methyl/N-ethyl adjacent to an activating group) is 1. The van der Waals surface area contributed by atoms with E-state index in [0.29, 0.717) is 0 Å². The molecule has 0 saturated carbocycles. The zero-order valence-electron chi connectivity index (χ0n) is 6.82. The molecule has 0 aliphatic carbocycles. The first-order chi connectivity index (χ1) is 5.33. The minimum atomic E-state index is 0.963. The van der Waals surface area contributed by atoms with Crippen LogP contribution in [0.2, 0.25) is 0 Å². The van der Waals surface area contributed by atoms with Gasteiger partial charge in [-0.2, -0.15) is 0 Å². The molecule has 0 atom stereocenters. The predicted octanol–water partition coefficient (Wildman–Crippen LogP) is 1.00. The Morgan fingerprint density at radius 3 is 3.18 bits per heavy atom. The zero-order chi connectivity index (χ0) is 8.10. The van der Waals surface area contributed by atoms with Crippen LogP contribution in [0.25, 0.3) is 0 Å². The van der Waals surface area contributed by atoms with Gasteiger partial charge in [-0.05, 0) is 0 Å². The Labute approximate surface area is 66.6 Å². The average molecular weight is 152 g/mol. The highest BCUT2D eigenvalue weighted by Gasteiger charge is 1.96. The molecule has 1 heterocycles. The number of rotatable bonds is 2. The second kappa shape index (κ2) is 3.81. The van der Waals surface area contributed by atoms with Gasteiger partial charge in [0.05, 0.1) is 6.21 Å². The Kier molecular flexibility index (Phi) is 2.72. The molecule has 0 unspecified atom stereocenters. The van der Waals surface area contributed by atoms with E-state index in [1.165, 1.54) is 7.11 Å². The van der Waals surface area contributed by atoms with Gasteiger partial charge in [-0.1, -0.05) is 17.3 Å². The van der Waals surface area contributed by atoms with Gasteiger partial charge in [0.1, 0.15) is 7.11 Å². The monoisotopic (exact) mass is 152 g/mol. The van der Waals surface area contributed by atoms with E-state index in [0.717, 1.165) is 12.1 Å². The molecule has 0 radical (unpaired) electrons. The van der Waals surface area contributed by atoms with Crippen LogP contribution in [0.1, 0.15) is 0 Å². The zero-order valence-corrected chi connectivity index (χ0v) is 6.82. The Morgan fingerprint density at radius 1 is 1.73 bits per heavy atom. The number of oxime groups is 1. The lowest BCUT2D eigenvalue weighted by molar-refractivity contribution is 0.215. The highest BCUT2D eigenvalue weighted by Crippen LogP contribution is 2.02. The highest BCUT2D eigenvalue weighted by atomic mass is 16.6. The summed E-state index contributed by atoms with van der Waals surface area (Å²) in [6.07, 6.45) is 7.80. The molecule has 0 bridgehead atoms. The van der Waals surface area contributed by atoms with Crippen molar-refractivity contribution in [3.05, 3.63) is 23.9 Å². The van der Waals surface area contributed by atoms with E-state index in [9.17, 15) is 0 Å². The summed E-state index contributed by atoms with van der Waals surface area (Å²) >= 11 is 0. The van der Waals surface area contributed by atoms with Crippen LogP contribution < -0.4 is 0 Å². The van der Waals surface area contributed by atoms with Crippen LogP contribution in [-0.2, 0) is 4.84 Å². The highest BCUT2D eigenvalue weighted by molar-refractivity contribution is 5.81. The number of hydrogen-bond acceptors (Lipinski definition) is 3. The molecule has 0 fully saturated rings. The van der Waals surface area contributed by atoms with E-state index in [1.807, 2.05) is 19.3 Å². The molecule has 0 spiro atoms. The summed E-state index contributed by atoms with van der Waals surface area (Å²) in [4.78, 5) is 6.64. The molecule has 0 N–H and O–H groups in total. The first-order valence-electron chi connectivity index (χ1n) is 3.48. The second-order valence-corrected chi connectivity index (χ2v) is 2.39. The molecule has 1 aliphatic rings. The first-order valence-corrected chi connectivity index (χ1v) is 3.48. The van der Waals surface area contributed by atoms with Crippen LogP contribution in [0.4, 0.5) is 0 Å². The average Bonchev–Trinajstić information content (AvgIpc) is 2.01. The Bertz CT molecular complexity index is 206. The molecule has 11 heavy (non-hydrogen) atoms. The largest absolute Gasteiger partial charge is 0.399 e. The Hall–Kier alpha value is -1.25. The summed E-state index contributed by atoms with van der Waals surface area (Å²) in [7, 11) is 3.55. The summed E-state index contributed by atoms with van der Waals surface area (Å²) in [5, 5.41) is 3.66. The van der Waals surface area contributed by atoms with Crippen LogP contribution in [0.5, 0.6) is 0 Å². The van der Waals surface area contributed by atoms with E-state index >= 15 is 0 Å². The third-order valence-electron chi connectivity index (χ3n) is 1.38. The summed E-state index contributed by atoms with van der Waals surface area (Å²) in [6, 6.07) is 0. The molecular weight excluding hydrogens is 140 g/mol. The van der Waals surface area contributed by atoms with Crippen LogP contribution in [-0.4, -0.2) is 31.8 Å². The van der Waals surface area contributed by atoms with Gasteiger partial charge in [-0.25, -0.2) is 0 Å². The van der Waals surface area contributed by atoms with Gasteiger partial charge >= 0.3 is 0 Å². The summed E-state index contributed by atoms with van der Waals surface area (Å²) < 4.78 is 0. The van der Waals surface area contributed by atoms with Gasteiger partial charge in [0, 0.05) is 25.4 Å². The van der Waals surface area contributed by atoms with Crippen molar-refractivity contribution in [3.63, 3.8) is 0 Å². The SMILES string of the molecule is CON=CC1=CN(C)CC=C1. The summed E-state index contributed by atoms with van der Waals surface area (Å²) in [6.45, 7) is 0.963. The molecule has 1 aliphatic heterocycles. The number of allylic oxidation sites excluding steroid dienone is 2. The quantitative estimate of drug-likeness (QED) is 0.435. The standard InChI is InChI=1S/C8H12N2O/c1-10-5-3-4-8(7-10)6-9-11-2/h3-4,6-7H,5H2,1-2H3. The third kappa shape index (κ3) is 2.45. The van der Waals surface area contributed by atoms with E-state index in [1.54, 1.807) is 6.21 Å². The fraction of sp³-hybridized carbons (Fsp3) is 0.375. The van der Waals surface area contributed by atoms with Gasteiger partial charge < -0.3 is 9.74 Å². The van der Waals surface area contributed by atoms with Crippen LogP contribution in [0.3, 0.4) is 0 Å². The molecule has 1 rings (SSSR count). The van der Waals surface area contributed by atoms with E-state index in [2.05, 4.69) is 21.0 Å². The van der Waals surface area contributed by atoms with Gasteiger partial charge in [0.25, 0.3) is 0 Å². The van der Waals surface area contributed by atoms with Crippen molar-refractivity contribution in [2.24, 2.45) is 5.16 Å².